The number of ether oxygens (including phenoxy) is 1. The summed E-state index contributed by atoms with van der Waals surface area (Å²) in [6, 6.07) is 7.68. The lowest BCUT2D eigenvalue weighted by molar-refractivity contribution is -0.274. The molecule has 8 heteroatoms. The molecule has 0 spiro atoms. The monoisotopic (exact) mass is 322 g/mol. The zero-order valence-corrected chi connectivity index (χ0v) is 12.4. The fourth-order valence-corrected chi connectivity index (χ4v) is 2.27. The lowest BCUT2D eigenvalue weighted by Gasteiger charge is -2.22. The smallest absolute Gasteiger partial charge is 0.404 e. The zero-order valence-electron chi connectivity index (χ0n) is 12.4. The van der Waals surface area contributed by atoms with Gasteiger partial charge in [-0.25, -0.2) is 9.97 Å². The van der Waals surface area contributed by atoms with Crippen LogP contribution in [-0.4, -0.2) is 27.9 Å². The molecular formula is C15H13F3N4O. The summed E-state index contributed by atoms with van der Waals surface area (Å²) in [6.45, 7) is 0. The van der Waals surface area contributed by atoms with E-state index in [4.69, 9.17) is 0 Å². The second kappa shape index (κ2) is 5.45. The van der Waals surface area contributed by atoms with Gasteiger partial charge in [0.1, 0.15) is 11.3 Å². The van der Waals surface area contributed by atoms with Gasteiger partial charge in [0.15, 0.2) is 5.75 Å². The van der Waals surface area contributed by atoms with Gasteiger partial charge in [-0.05, 0) is 12.1 Å². The fourth-order valence-electron chi connectivity index (χ4n) is 2.27. The van der Waals surface area contributed by atoms with Gasteiger partial charge >= 0.3 is 6.36 Å². The third-order valence-corrected chi connectivity index (χ3v) is 3.39. The van der Waals surface area contributed by atoms with Gasteiger partial charge in [0.2, 0.25) is 0 Å². The molecule has 0 atom stereocenters. The highest BCUT2D eigenvalue weighted by Crippen LogP contribution is 2.35. The molecule has 0 saturated carbocycles. The van der Waals surface area contributed by atoms with Gasteiger partial charge in [-0.15, -0.1) is 13.2 Å². The average molecular weight is 322 g/mol. The van der Waals surface area contributed by atoms with Crippen LogP contribution in [0.2, 0.25) is 0 Å². The van der Waals surface area contributed by atoms with Crippen molar-refractivity contribution >= 4 is 22.5 Å². The summed E-state index contributed by atoms with van der Waals surface area (Å²) >= 11 is 0. The second-order valence-electron chi connectivity index (χ2n) is 4.96. The molecule has 120 valence electrons. The number of benzene rings is 1. The van der Waals surface area contributed by atoms with Crippen LogP contribution in [0.15, 0.2) is 42.9 Å². The number of alkyl halides is 3. The Balaban J connectivity index is 2.01. The summed E-state index contributed by atoms with van der Waals surface area (Å²) in [5.41, 5.74) is 1.80. The Kier molecular flexibility index (Phi) is 3.59. The van der Waals surface area contributed by atoms with E-state index in [1.165, 1.54) is 23.1 Å². The molecule has 0 aliphatic carbocycles. The molecule has 3 aromatic rings. The Labute approximate surface area is 129 Å². The van der Waals surface area contributed by atoms with E-state index in [1.807, 2.05) is 11.6 Å². The normalized spacial score (nSPS) is 11.7. The van der Waals surface area contributed by atoms with Crippen LogP contribution in [0.25, 0.3) is 11.0 Å². The SMILES string of the molecule is CN(c1cc2c(cn1)ncn2C)c1ccccc1OC(F)(F)F. The van der Waals surface area contributed by atoms with E-state index in [0.29, 0.717) is 11.3 Å². The van der Waals surface area contributed by atoms with Gasteiger partial charge in [0.05, 0.1) is 23.7 Å². The van der Waals surface area contributed by atoms with Gasteiger partial charge in [-0.3, -0.25) is 0 Å². The van der Waals surface area contributed by atoms with Crippen molar-refractivity contribution in [3.8, 4) is 5.75 Å². The molecule has 0 amide bonds. The quantitative estimate of drug-likeness (QED) is 0.738. The molecule has 2 heterocycles. The predicted molar refractivity (Wildman–Crippen MR) is 79.7 cm³/mol. The van der Waals surface area contributed by atoms with Gasteiger partial charge in [-0.1, -0.05) is 12.1 Å². The highest BCUT2D eigenvalue weighted by molar-refractivity contribution is 5.79. The second-order valence-corrected chi connectivity index (χ2v) is 4.96. The van der Waals surface area contributed by atoms with Crippen molar-refractivity contribution in [3.05, 3.63) is 42.9 Å². The molecule has 23 heavy (non-hydrogen) atoms. The zero-order chi connectivity index (χ0) is 16.6. The molecule has 0 N–H and O–H groups in total. The molecular weight excluding hydrogens is 309 g/mol. The van der Waals surface area contributed by atoms with E-state index in [9.17, 15) is 13.2 Å². The van der Waals surface area contributed by atoms with Crippen LogP contribution in [0.3, 0.4) is 0 Å². The molecule has 0 bridgehead atoms. The number of hydrogen-bond acceptors (Lipinski definition) is 4. The van der Waals surface area contributed by atoms with Gasteiger partial charge in [0, 0.05) is 20.2 Å². The topological polar surface area (TPSA) is 43.2 Å². The summed E-state index contributed by atoms with van der Waals surface area (Å²) in [5.74, 6) is 0.203. The van der Waals surface area contributed by atoms with Crippen molar-refractivity contribution in [3.63, 3.8) is 0 Å². The van der Waals surface area contributed by atoms with Crippen LogP contribution in [0, 0.1) is 0 Å². The number of fused-ring (bicyclic) bond motifs is 1. The van der Waals surface area contributed by atoms with Crippen LogP contribution in [0.4, 0.5) is 24.7 Å². The first kappa shape index (κ1) is 15.1. The lowest BCUT2D eigenvalue weighted by atomic mass is 10.2. The first-order valence-corrected chi connectivity index (χ1v) is 6.71. The van der Waals surface area contributed by atoms with Crippen molar-refractivity contribution in [1.29, 1.82) is 0 Å². The minimum Gasteiger partial charge on any atom is -0.404 e. The summed E-state index contributed by atoms with van der Waals surface area (Å²) in [6.07, 6.45) is -1.53. The Morgan fingerprint density at radius 3 is 2.65 bits per heavy atom. The van der Waals surface area contributed by atoms with Crippen molar-refractivity contribution in [2.24, 2.45) is 7.05 Å². The Bertz CT molecular complexity index is 844. The molecule has 0 aliphatic heterocycles. The molecule has 0 unspecified atom stereocenters. The summed E-state index contributed by atoms with van der Waals surface area (Å²) in [5, 5.41) is 0. The standard InChI is InChI=1S/C15H13F3N4O/c1-21-9-20-10-8-19-14(7-12(10)21)22(2)11-5-3-4-6-13(11)23-15(16,17)18/h3-9H,1-2H3. The fraction of sp³-hybridized carbons (Fsp3) is 0.200. The van der Waals surface area contributed by atoms with E-state index in [0.717, 1.165) is 5.52 Å². The lowest BCUT2D eigenvalue weighted by Crippen LogP contribution is -2.20. The van der Waals surface area contributed by atoms with Crippen LogP contribution in [0.1, 0.15) is 0 Å². The van der Waals surface area contributed by atoms with E-state index < -0.39 is 6.36 Å². The van der Waals surface area contributed by atoms with Gasteiger partial charge in [0.25, 0.3) is 0 Å². The molecule has 0 fully saturated rings. The molecule has 0 radical (unpaired) electrons. The van der Waals surface area contributed by atoms with Crippen molar-refractivity contribution < 1.29 is 17.9 Å². The number of hydrogen-bond donors (Lipinski definition) is 0. The third kappa shape index (κ3) is 3.05. The van der Waals surface area contributed by atoms with E-state index in [-0.39, 0.29) is 11.4 Å². The third-order valence-electron chi connectivity index (χ3n) is 3.39. The number of anilines is 2. The van der Waals surface area contributed by atoms with Crippen LogP contribution >= 0.6 is 0 Å². The van der Waals surface area contributed by atoms with E-state index in [2.05, 4.69) is 14.7 Å². The Morgan fingerprint density at radius 2 is 1.91 bits per heavy atom. The first-order valence-electron chi connectivity index (χ1n) is 6.71. The predicted octanol–water partition coefficient (Wildman–Crippen LogP) is 3.63. The Hall–Kier alpha value is -2.77. The van der Waals surface area contributed by atoms with Crippen molar-refractivity contribution in [2.45, 2.75) is 6.36 Å². The van der Waals surface area contributed by atoms with Crippen LogP contribution in [0.5, 0.6) is 5.75 Å². The highest BCUT2D eigenvalue weighted by atomic mass is 19.4. The maximum absolute atomic E-state index is 12.5. The average Bonchev–Trinajstić information content (AvgIpc) is 2.86. The molecule has 2 aromatic heterocycles. The van der Waals surface area contributed by atoms with Crippen LogP contribution < -0.4 is 9.64 Å². The maximum Gasteiger partial charge on any atom is 0.573 e. The summed E-state index contributed by atoms with van der Waals surface area (Å²) in [7, 11) is 3.46. The Morgan fingerprint density at radius 1 is 1.17 bits per heavy atom. The summed E-state index contributed by atoms with van der Waals surface area (Å²) < 4.78 is 43.5. The number of aryl methyl sites for hydroxylation is 1. The minimum atomic E-state index is -4.75. The molecule has 1 aromatic carbocycles. The van der Waals surface area contributed by atoms with E-state index in [1.54, 1.807) is 31.7 Å². The van der Waals surface area contributed by atoms with Crippen molar-refractivity contribution in [2.75, 3.05) is 11.9 Å². The summed E-state index contributed by atoms with van der Waals surface area (Å²) in [4.78, 5) is 9.95. The number of pyridine rings is 1. The van der Waals surface area contributed by atoms with Gasteiger partial charge < -0.3 is 14.2 Å². The van der Waals surface area contributed by atoms with E-state index >= 15 is 0 Å². The highest BCUT2D eigenvalue weighted by Gasteiger charge is 2.32. The van der Waals surface area contributed by atoms with Crippen LogP contribution in [-0.2, 0) is 7.05 Å². The van der Waals surface area contributed by atoms with Crippen molar-refractivity contribution in [1.82, 2.24) is 14.5 Å². The number of aromatic nitrogens is 3. The number of nitrogens with zero attached hydrogens (tertiary/aromatic N) is 4. The maximum atomic E-state index is 12.5. The largest absolute Gasteiger partial charge is 0.573 e. The van der Waals surface area contributed by atoms with Gasteiger partial charge in [-0.2, -0.15) is 0 Å². The molecule has 0 aliphatic rings. The minimum absolute atomic E-state index is 0.263. The molecule has 5 nitrogen and oxygen atoms in total. The first-order chi connectivity index (χ1) is 10.8. The molecule has 3 rings (SSSR count). The number of rotatable bonds is 3. The number of imidazole rings is 1. The number of para-hydroxylation sites is 2. The molecule has 0 saturated heterocycles. The number of halogens is 3.